The summed E-state index contributed by atoms with van der Waals surface area (Å²) in [5.74, 6) is 0. The van der Waals surface area contributed by atoms with Crippen LogP contribution < -0.4 is 0 Å². The van der Waals surface area contributed by atoms with Crippen molar-refractivity contribution < 1.29 is 24.5 Å². The molecule has 0 amide bonds. The van der Waals surface area contributed by atoms with Crippen molar-refractivity contribution in [3.63, 3.8) is 0 Å². The smallest absolute Gasteiger partial charge is 0.216 e. The van der Waals surface area contributed by atoms with Crippen LogP contribution in [0, 0.1) is 46.8 Å². The SMILES string of the molecule is Cc1cc(C)nc(-c2[c-]ccc3c2oc2nc(-c4c(C)cccc4C)ccc23)c1.Cc1ccc(-c2[c-]cccc2)nc1.[Ir]. The first-order valence-electron chi connectivity index (χ1n) is 14.0. The molecule has 0 N–H and O–H groups in total. The summed E-state index contributed by atoms with van der Waals surface area (Å²) in [5, 5.41) is 2.05. The number of aryl methyl sites for hydroxylation is 5. The van der Waals surface area contributed by atoms with E-state index in [4.69, 9.17) is 14.4 Å². The zero-order valence-electron chi connectivity index (χ0n) is 24.8. The van der Waals surface area contributed by atoms with Gasteiger partial charge < -0.3 is 14.4 Å². The van der Waals surface area contributed by atoms with Gasteiger partial charge in [-0.25, -0.2) is 4.98 Å². The molecule has 4 aromatic heterocycles. The third-order valence-corrected chi connectivity index (χ3v) is 7.29. The zero-order chi connectivity index (χ0) is 29.2. The molecule has 0 aliphatic heterocycles. The van der Waals surface area contributed by atoms with E-state index in [-0.39, 0.29) is 20.1 Å². The Labute approximate surface area is 266 Å². The Hall–Kier alpha value is -4.44. The second-order valence-electron chi connectivity index (χ2n) is 10.7. The topological polar surface area (TPSA) is 51.8 Å². The summed E-state index contributed by atoms with van der Waals surface area (Å²) in [4.78, 5) is 13.9. The molecule has 5 heteroatoms. The third-order valence-electron chi connectivity index (χ3n) is 7.29. The fourth-order valence-electron chi connectivity index (χ4n) is 5.32. The molecule has 0 aliphatic rings. The van der Waals surface area contributed by atoms with E-state index in [1.165, 1.54) is 22.3 Å². The number of benzene rings is 3. The molecule has 0 unspecified atom stereocenters. The van der Waals surface area contributed by atoms with Crippen molar-refractivity contribution in [2.24, 2.45) is 0 Å². The average molecular weight is 738 g/mol. The number of hydrogen-bond donors (Lipinski definition) is 0. The van der Waals surface area contributed by atoms with E-state index in [1.54, 1.807) is 0 Å². The van der Waals surface area contributed by atoms with Gasteiger partial charge in [-0.2, -0.15) is 0 Å². The molecular formula is C38H31IrN3O-2. The summed E-state index contributed by atoms with van der Waals surface area (Å²) in [6.45, 7) is 10.4. The zero-order valence-corrected chi connectivity index (χ0v) is 27.2. The van der Waals surface area contributed by atoms with Crippen molar-refractivity contribution in [2.75, 3.05) is 0 Å². The van der Waals surface area contributed by atoms with Gasteiger partial charge in [0.2, 0.25) is 5.71 Å². The quantitative estimate of drug-likeness (QED) is 0.170. The number of fused-ring (bicyclic) bond motifs is 3. The van der Waals surface area contributed by atoms with Gasteiger partial charge in [0, 0.05) is 42.9 Å². The van der Waals surface area contributed by atoms with Gasteiger partial charge in [0.15, 0.2) is 0 Å². The molecule has 7 rings (SSSR count). The van der Waals surface area contributed by atoms with Gasteiger partial charge in [-0.15, -0.1) is 54.1 Å². The monoisotopic (exact) mass is 738 g/mol. The van der Waals surface area contributed by atoms with E-state index in [9.17, 15) is 0 Å². The summed E-state index contributed by atoms with van der Waals surface area (Å²) >= 11 is 0. The average Bonchev–Trinajstić information content (AvgIpc) is 3.36. The summed E-state index contributed by atoms with van der Waals surface area (Å²) in [5.41, 5.74) is 13.1. The van der Waals surface area contributed by atoms with E-state index >= 15 is 0 Å². The second kappa shape index (κ2) is 12.8. The largest absolute Gasteiger partial charge is 0.486 e. The Morgan fingerprint density at radius 2 is 1.42 bits per heavy atom. The minimum absolute atomic E-state index is 0. The fourth-order valence-corrected chi connectivity index (χ4v) is 5.32. The number of furan rings is 1. The van der Waals surface area contributed by atoms with Crippen molar-refractivity contribution in [1.82, 2.24) is 15.0 Å². The molecule has 0 atom stereocenters. The first kappa shape index (κ1) is 30.0. The Morgan fingerprint density at radius 1 is 0.628 bits per heavy atom. The number of rotatable bonds is 3. The van der Waals surface area contributed by atoms with Gasteiger partial charge in [0.1, 0.15) is 0 Å². The first-order chi connectivity index (χ1) is 20.4. The minimum atomic E-state index is 0. The molecule has 0 bridgehead atoms. The van der Waals surface area contributed by atoms with Gasteiger partial charge >= 0.3 is 0 Å². The van der Waals surface area contributed by atoms with E-state index in [1.807, 2.05) is 62.5 Å². The maximum atomic E-state index is 6.28. The normalized spacial score (nSPS) is 10.7. The van der Waals surface area contributed by atoms with Crippen LogP contribution in [-0.2, 0) is 20.1 Å². The molecule has 0 spiro atoms. The first-order valence-corrected chi connectivity index (χ1v) is 14.0. The van der Waals surface area contributed by atoms with Crippen molar-refractivity contribution >= 4 is 22.1 Å². The summed E-state index contributed by atoms with van der Waals surface area (Å²) in [6, 6.07) is 37.0. The number of hydrogen-bond acceptors (Lipinski definition) is 4. The molecule has 4 heterocycles. The van der Waals surface area contributed by atoms with E-state index < -0.39 is 0 Å². The Kier molecular flexibility index (Phi) is 8.96. The minimum Gasteiger partial charge on any atom is -0.486 e. The van der Waals surface area contributed by atoms with Crippen LogP contribution >= 0.6 is 0 Å². The van der Waals surface area contributed by atoms with E-state index in [0.717, 1.165) is 55.8 Å². The van der Waals surface area contributed by atoms with E-state index in [2.05, 4.69) is 86.4 Å². The molecular weight excluding hydrogens is 707 g/mol. The number of pyridine rings is 3. The fraction of sp³-hybridized carbons (Fsp3) is 0.132. The molecule has 0 saturated carbocycles. The van der Waals surface area contributed by atoms with Crippen LogP contribution in [0.3, 0.4) is 0 Å². The molecule has 0 aliphatic carbocycles. The third kappa shape index (κ3) is 6.34. The number of aromatic nitrogens is 3. The molecule has 0 fully saturated rings. The van der Waals surface area contributed by atoms with Crippen molar-refractivity contribution in [2.45, 2.75) is 34.6 Å². The van der Waals surface area contributed by atoms with Gasteiger partial charge in [-0.05, 0) is 80.9 Å². The predicted octanol–water partition coefficient (Wildman–Crippen LogP) is 9.60. The van der Waals surface area contributed by atoms with Crippen LogP contribution in [0.2, 0.25) is 0 Å². The summed E-state index contributed by atoms with van der Waals surface area (Å²) in [6.07, 6.45) is 1.87. The summed E-state index contributed by atoms with van der Waals surface area (Å²) < 4.78 is 6.28. The van der Waals surface area contributed by atoms with Crippen LogP contribution in [0.5, 0.6) is 0 Å². The van der Waals surface area contributed by atoms with Crippen molar-refractivity contribution in [1.29, 1.82) is 0 Å². The Morgan fingerprint density at radius 3 is 2.12 bits per heavy atom. The van der Waals surface area contributed by atoms with Gasteiger partial charge in [-0.1, -0.05) is 52.9 Å². The molecule has 215 valence electrons. The predicted molar refractivity (Wildman–Crippen MR) is 171 cm³/mol. The molecule has 43 heavy (non-hydrogen) atoms. The molecule has 0 saturated heterocycles. The number of nitrogens with zero attached hydrogens (tertiary/aromatic N) is 3. The van der Waals surface area contributed by atoms with Crippen LogP contribution in [0.15, 0.2) is 102 Å². The molecule has 7 aromatic rings. The summed E-state index contributed by atoms with van der Waals surface area (Å²) in [7, 11) is 0. The van der Waals surface area contributed by atoms with Gasteiger partial charge in [0.05, 0.1) is 11.3 Å². The maximum Gasteiger partial charge on any atom is 0.216 e. The van der Waals surface area contributed by atoms with E-state index in [0.29, 0.717) is 5.71 Å². The Bertz CT molecular complexity index is 1990. The maximum absolute atomic E-state index is 6.28. The molecule has 4 nitrogen and oxygen atoms in total. The molecule has 1 radical (unpaired) electrons. The standard InChI is InChI=1S/C26H21N2O.C12H10N.Ir/c1-15-13-18(4)27-23(14-15)21-10-6-9-19-20-11-12-22(28-26(20)29-25(19)21)24-16(2)7-5-8-17(24)3;1-10-7-8-12(13-9-10)11-5-3-2-4-6-11;/h5-9,11-14H,1-4H3;2-5,7-9H,1H3;/q2*-1;. The molecule has 3 aromatic carbocycles. The van der Waals surface area contributed by atoms with Crippen molar-refractivity contribution in [3.05, 3.63) is 137 Å². The van der Waals surface area contributed by atoms with Gasteiger partial charge in [0.25, 0.3) is 0 Å². The Balaban J connectivity index is 0.000000221. The van der Waals surface area contributed by atoms with Crippen LogP contribution in [0.1, 0.15) is 27.9 Å². The van der Waals surface area contributed by atoms with Crippen LogP contribution in [-0.4, -0.2) is 15.0 Å². The van der Waals surface area contributed by atoms with Gasteiger partial charge in [-0.3, -0.25) is 0 Å². The van der Waals surface area contributed by atoms with Crippen LogP contribution in [0.4, 0.5) is 0 Å². The second-order valence-corrected chi connectivity index (χ2v) is 10.7. The van der Waals surface area contributed by atoms with Crippen LogP contribution in [0.25, 0.3) is 55.8 Å². The van der Waals surface area contributed by atoms with Crippen molar-refractivity contribution in [3.8, 4) is 33.8 Å².